The van der Waals surface area contributed by atoms with E-state index in [2.05, 4.69) is 21.0 Å². The lowest BCUT2D eigenvalue weighted by molar-refractivity contribution is -0.119. The Morgan fingerprint density at radius 2 is 1.90 bits per heavy atom. The van der Waals surface area contributed by atoms with E-state index in [1.54, 1.807) is 12.4 Å². The van der Waals surface area contributed by atoms with E-state index in [4.69, 9.17) is 0 Å². The molecule has 0 bridgehead atoms. The summed E-state index contributed by atoms with van der Waals surface area (Å²) in [5.74, 6) is 0.843. The number of hydrogen-bond donors (Lipinski definition) is 1. The molecule has 1 saturated heterocycles. The molecular weight excluding hydrogens is 400 g/mol. The number of alkyl halides is 2. The highest BCUT2D eigenvalue weighted by Crippen LogP contribution is 2.40. The summed E-state index contributed by atoms with van der Waals surface area (Å²) in [5.41, 5.74) is 3.92. The Morgan fingerprint density at radius 3 is 2.61 bits per heavy atom. The predicted octanol–water partition coefficient (Wildman–Crippen LogP) is 3.97. The maximum Gasteiger partial charge on any atom is 0.251 e. The molecule has 31 heavy (non-hydrogen) atoms. The molecule has 0 spiro atoms. The Hall–Kier alpha value is -2.87. The molecule has 2 aliphatic heterocycles. The van der Waals surface area contributed by atoms with E-state index in [1.165, 1.54) is 5.56 Å². The lowest BCUT2D eigenvalue weighted by atomic mass is 9.89. The topological polar surface area (TPSA) is 65.1 Å². The second kappa shape index (κ2) is 8.00. The largest absolute Gasteiger partial charge is 0.357 e. The van der Waals surface area contributed by atoms with Crippen LogP contribution in [0.2, 0.25) is 0 Å². The van der Waals surface area contributed by atoms with Gasteiger partial charge in [-0.1, -0.05) is 18.2 Å². The SMILES string of the molecule is C[C@@H]1Cc2c([nH]c3ccccc23)[C@@H](c2cnc(N3CCC(=O)CC3)nc2)N1CC(F)F.[HH]. The van der Waals surface area contributed by atoms with Crippen LogP contribution in [0.1, 0.15) is 44.1 Å². The number of para-hydroxylation sites is 1. The Bertz CT molecular complexity index is 1090. The molecule has 4 heterocycles. The smallest absolute Gasteiger partial charge is 0.251 e. The van der Waals surface area contributed by atoms with Crippen LogP contribution in [0.3, 0.4) is 0 Å². The van der Waals surface area contributed by atoms with Gasteiger partial charge in [-0.05, 0) is 25.0 Å². The summed E-state index contributed by atoms with van der Waals surface area (Å²) in [7, 11) is 0. The molecule has 1 fully saturated rings. The lowest BCUT2D eigenvalue weighted by Gasteiger charge is -2.40. The molecule has 8 heteroatoms. The van der Waals surface area contributed by atoms with Crippen molar-refractivity contribution in [3.05, 3.63) is 53.5 Å². The molecule has 0 aliphatic carbocycles. The van der Waals surface area contributed by atoms with Crippen molar-refractivity contribution in [2.45, 2.75) is 44.7 Å². The summed E-state index contributed by atoms with van der Waals surface area (Å²) in [6.45, 7) is 2.92. The third-order valence-electron chi connectivity index (χ3n) is 6.44. The van der Waals surface area contributed by atoms with Crippen LogP contribution in [0.15, 0.2) is 36.7 Å². The number of Topliss-reactive ketones (excluding diaryl/α,β-unsaturated/α-hetero) is 1. The van der Waals surface area contributed by atoms with Gasteiger partial charge in [-0.15, -0.1) is 0 Å². The van der Waals surface area contributed by atoms with E-state index >= 15 is 0 Å². The zero-order valence-electron chi connectivity index (χ0n) is 17.4. The average molecular weight is 427 g/mol. The summed E-state index contributed by atoms with van der Waals surface area (Å²) in [6.07, 6.45) is 2.78. The first-order chi connectivity index (χ1) is 15.0. The Labute approximate surface area is 180 Å². The van der Waals surface area contributed by atoms with Gasteiger partial charge in [0.1, 0.15) is 5.78 Å². The van der Waals surface area contributed by atoms with E-state index in [9.17, 15) is 13.6 Å². The number of rotatable bonds is 4. The van der Waals surface area contributed by atoms with E-state index in [-0.39, 0.29) is 25.8 Å². The fraction of sp³-hybridized carbons (Fsp3) is 0.435. The molecule has 1 N–H and O–H groups in total. The Balaban J connectivity index is 0.00000245. The van der Waals surface area contributed by atoms with Crippen molar-refractivity contribution in [2.24, 2.45) is 0 Å². The van der Waals surface area contributed by atoms with Gasteiger partial charge in [-0.3, -0.25) is 9.69 Å². The number of aromatic amines is 1. The highest BCUT2D eigenvalue weighted by Gasteiger charge is 2.37. The number of halogens is 2. The maximum atomic E-state index is 13.5. The number of benzene rings is 1. The van der Waals surface area contributed by atoms with E-state index < -0.39 is 6.43 Å². The number of fused-ring (bicyclic) bond motifs is 3. The van der Waals surface area contributed by atoms with Gasteiger partial charge in [0.05, 0.1) is 12.6 Å². The maximum absolute atomic E-state index is 13.5. The number of aromatic nitrogens is 3. The second-order valence-corrected chi connectivity index (χ2v) is 8.45. The molecule has 6 nitrogen and oxygen atoms in total. The summed E-state index contributed by atoms with van der Waals surface area (Å²) < 4.78 is 27.0. The number of hydrogen-bond acceptors (Lipinski definition) is 5. The van der Waals surface area contributed by atoms with Crippen molar-refractivity contribution in [3.8, 4) is 0 Å². The zero-order valence-corrected chi connectivity index (χ0v) is 17.4. The number of H-pyrrole nitrogens is 1. The van der Waals surface area contributed by atoms with Gasteiger partial charge in [-0.2, -0.15) is 0 Å². The van der Waals surface area contributed by atoms with Gasteiger partial charge in [0.2, 0.25) is 5.95 Å². The standard InChI is InChI=1S/C23H25F2N5O.H2/c1-14-10-18-17-4-2-3-5-19(17)28-21(18)22(30(14)13-20(24)25)15-11-26-23(27-12-15)29-8-6-16(31)7-9-29;/h2-5,11-12,14,20,22,28H,6-10,13H2,1H3;1H/t14-,22-;/m1./s1. The molecule has 0 saturated carbocycles. The predicted molar refractivity (Wildman–Crippen MR) is 117 cm³/mol. The highest BCUT2D eigenvalue weighted by molar-refractivity contribution is 5.85. The molecule has 0 unspecified atom stereocenters. The molecule has 1 aromatic carbocycles. The van der Waals surface area contributed by atoms with Gasteiger partial charge < -0.3 is 9.88 Å². The lowest BCUT2D eigenvalue weighted by Crippen LogP contribution is -2.45. The average Bonchev–Trinajstić information content (AvgIpc) is 3.13. The van der Waals surface area contributed by atoms with Crippen molar-refractivity contribution in [2.75, 3.05) is 24.5 Å². The van der Waals surface area contributed by atoms with Crippen LogP contribution < -0.4 is 4.90 Å². The van der Waals surface area contributed by atoms with Crippen LogP contribution in [0.25, 0.3) is 10.9 Å². The van der Waals surface area contributed by atoms with Crippen LogP contribution in [0.4, 0.5) is 14.7 Å². The van der Waals surface area contributed by atoms with Gasteiger partial charge in [-0.25, -0.2) is 18.7 Å². The Morgan fingerprint density at radius 1 is 1.19 bits per heavy atom. The first-order valence-electron chi connectivity index (χ1n) is 10.7. The van der Waals surface area contributed by atoms with E-state index in [0.29, 0.717) is 38.3 Å². The zero-order chi connectivity index (χ0) is 21.5. The van der Waals surface area contributed by atoms with Crippen molar-refractivity contribution < 1.29 is 15.0 Å². The fourth-order valence-corrected chi connectivity index (χ4v) is 4.90. The summed E-state index contributed by atoms with van der Waals surface area (Å²) >= 11 is 0. The highest BCUT2D eigenvalue weighted by atomic mass is 19.3. The summed E-state index contributed by atoms with van der Waals surface area (Å²) in [5, 5.41) is 1.14. The number of carbonyl (C=O) groups excluding carboxylic acids is 1. The van der Waals surface area contributed by atoms with Crippen molar-refractivity contribution in [1.29, 1.82) is 0 Å². The van der Waals surface area contributed by atoms with Crippen LogP contribution in [-0.2, 0) is 11.2 Å². The number of nitrogens with one attached hydrogen (secondary N) is 1. The molecular formula is C23H27F2N5O. The van der Waals surface area contributed by atoms with Gasteiger partial charge in [0.25, 0.3) is 6.43 Å². The van der Waals surface area contributed by atoms with Crippen LogP contribution >= 0.6 is 0 Å². The van der Waals surface area contributed by atoms with Crippen LogP contribution in [0.5, 0.6) is 0 Å². The third kappa shape index (κ3) is 3.69. The molecule has 3 aromatic rings. The van der Waals surface area contributed by atoms with Gasteiger partial charge in [0.15, 0.2) is 0 Å². The van der Waals surface area contributed by atoms with Gasteiger partial charge in [0, 0.05) is 68.0 Å². The number of carbonyl (C=O) groups is 1. The summed E-state index contributed by atoms with van der Waals surface area (Å²) in [6, 6.07) is 7.66. The second-order valence-electron chi connectivity index (χ2n) is 8.45. The molecule has 2 aromatic heterocycles. The van der Waals surface area contributed by atoms with Crippen LogP contribution in [-0.4, -0.2) is 57.7 Å². The fourth-order valence-electron chi connectivity index (χ4n) is 4.90. The molecule has 0 radical (unpaired) electrons. The molecule has 164 valence electrons. The minimum Gasteiger partial charge on any atom is -0.357 e. The third-order valence-corrected chi connectivity index (χ3v) is 6.44. The quantitative estimate of drug-likeness (QED) is 0.683. The van der Waals surface area contributed by atoms with Crippen LogP contribution in [0, 0.1) is 0 Å². The van der Waals surface area contributed by atoms with Crippen molar-refractivity contribution >= 4 is 22.6 Å². The number of nitrogens with zero attached hydrogens (tertiary/aromatic N) is 4. The normalized spacial score (nSPS) is 22.3. The minimum atomic E-state index is -2.43. The minimum absolute atomic E-state index is 0. The molecule has 2 aliphatic rings. The Kier molecular flexibility index (Phi) is 5.17. The van der Waals surface area contributed by atoms with Crippen molar-refractivity contribution in [3.63, 3.8) is 0 Å². The van der Waals surface area contributed by atoms with E-state index in [1.807, 2.05) is 34.9 Å². The number of piperidine rings is 1. The molecule has 2 atom stereocenters. The monoisotopic (exact) mass is 427 g/mol. The molecule has 0 amide bonds. The molecule has 5 rings (SSSR count). The van der Waals surface area contributed by atoms with Gasteiger partial charge >= 0.3 is 0 Å². The number of ketones is 1. The van der Waals surface area contributed by atoms with Crippen molar-refractivity contribution in [1.82, 2.24) is 19.9 Å². The number of anilines is 1. The first-order valence-corrected chi connectivity index (χ1v) is 10.7. The summed E-state index contributed by atoms with van der Waals surface area (Å²) in [4.78, 5) is 27.9. The van der Waals surface area contributed by atoms with E-state index in [0.717, 1.165) is 22.2 Å². The first kappa shape index (κ1) is 20.1.